The molecule has 0 aliphatic heterocycles. The second kappa shape index (κ2) is 5.97. The number of carbonyl (C=O) groups excluding carboxylic acids is 1. The van der Waals surface area contributed by atoms with Crippen LogP contribution in [-0.4, -0.2) is 27.8 Å². The van der Waals surface area contributed by atoms with E-state index in [0.29, 0.717) is 24.1 Å². The van der Waals surface area contributed by atoms with Crippen molar-refractivity contribution >= 4 is 5.91 Å². The van der Waals surface area contributed by atoms with Crippen LogP contribution < -0.4 is 5.32 Å². The summed E-state index contributed by atoms with van der Waals surface area (Å²) >= 11 is 0. The first-order chi connectivity index (χ1) is 9.59. The molecular weight excluding hydrogens is 258 g/mol. The highest BCUT2D eigenvalue weighted by molar-refractivity contribution is 5.94. The summed E-state index contributed by atoms with van der Waals surface area (Å²) in [7, 11) is 0. The van der Waals surface area contributed by atoms with Gasteiger partial charge in [-0.15, -0.1) is 0 Å². The summed E-state index contributed by atoms with van der Waals surface area (Å²) in [4.78, 5) is 11.8. The lowest BCUT2D eigenvalue weighted by molar-refractivity contribution is 0.0954. The summed E-state index contributed by atoms with van der Waals surface area (Å²) in [5, 5.41) is 30.9. The number of nitrogens with one attached hydrogen (secondary N) is 1. The molecule has 2 aromatic rings. The zero-order chi connectivity index (χ0) is 14.5. The number of phenols is 3. The van der Waals surface area contributed by atoms with Gasteiger partial charge in [-0.2, -0.15) is 0 Å². The maximum atomic E-state index is 11.8. The van der Waals surface area contributed by atoms with Crippen LogP contribution in [0.1, 0.15) is 15.9 Å². The van der Waals surface area contributed by atoms with Crippen molar-refractivity contribution in [1.29, 1.82) is 0 Å². The molecule has 0 saturated heterocycles. The molecule has 20 heavy (non-hydrogen) atoms. The van der Waals surface area contributed by atoms with Crippen LogP contribution in [0.25, 0.3) is 0 Å². The van der Waals surface area contributed by atoms with Gasteiger partial charge in [-0.3, -0.25) is 4.79 Å². The van der Waals surface area contributed by atoms with Gasteiger partial charge in [0.15, 0.2) is 11.5 Å². The molecule has 0 aliphatic carbocycles. The van der Waals surface area contributed by atoms with Crippen LogP contribution in [0, 0.1) is 0 Å². The highest BCUT2D eigenvalue weighted by atomic mass is 16.3. The van der Waals surface area contributed by atoms with E-state index in [-0.39, 0.29) is 17.4 Å². The fourth-order valence-corrected chi connectivity index (χ4v) is 1.81. The molecule has 0 heterocycles. The molecule has 0 aliphatic rings. The van der Waals surface area contributed by atoms with Crippen molar-refractivity contribution < 1.29 is 20.1 Å². The summed E-state index contributed by atoms with van der Waals surface area (Å²) in [5.41, 5.74) is 1.01. The van der Waals surface area contributed by atoms with Crippen molar-refractivity contribution in [3.05, 3.63) is 53.6 Å². The van der Waals surface area contributed by atoms with Gasteiger partial charge in [0.25, 0.3) is 5.91 Å². The quantitative estimate of drug-likeness (QED) is 0.639. The van der Waals surface area contributed by atoms with Crippen LogP contribution in [0.3, 0.4) is 0 Å². The molecule has 5 heteroatoms. The fourth-order valence-electron chi connectivity index (χ4n) is 1.81. The third kappa shape index (κ3) is 3.00. The Morgan fingerprint density at radius 1 is 0.950 bits per heavy atom. The Bertz CT molecular complexity index is 611. The van der Waals surface area contributed by atoms with E-state index in [4.69, 9.17) is 0 Å². The lowest BCUT2D eigenvalue weighted by Crippen LogP contribution is -2.25. The molecule has 0 saturated carbocycles. The highest BCUT2D eigenvalue weighted by Gasteiger charge is 2.11. The number of benzene rings is 2. The molecule has 4 N–H and O–H groups in total. The summed E-state index contributed by atoms with van der Waals surface area (Å²) in [5.74, 6) is -1.48. The van der Waals surface area contributed by atoms with E-state index in [1.165, 1.54) is 12.1 Å². The summed E-state index contributed by atoms with van der Waals surface area (Å²) in [6.45, 7) is 0.311. The van der Waals surface area contributed by atoms with Crippen molar-refractivity contribution in [1.82, 2.24) is 5.32 Å². The van der Waals surface area contributed by atoms with E-state index in [0.717, 1.165) is 0 Å². The van der Waals surface area contributed by atoms with Crippen molar-refractivity contribution in [2.45, 2.75) is 6.42 Å². The molecule has 0 unspecified atom stereocenters. The molecular formula is C15H15NO4. The van der Waals surface area contributed by atoms with Gasteiger partial charge in [0.1, 0.15) is 0 Å². The minimum absolute atomic E-state index is 0.201. The van der Waals surface area contributed by atoms with E-state index >= 15 is 0 Å². The third-order valence-corrected chi connectivity index (χ3v) is 2.93. The predicted octanol–water partition coefficient (Wildman–Crippen LogP) is 1.78. The smallest absolute Gasteiger partial charge is 0.251 e. The molecule has 0 bridgehead atoms. The molecule has 1 amide bonds. The van der Waals surface area contributed by atoms with E-state index in [9.17, 15) is 20.1 Å². The topological polar surface area (TPSA) is 89.8 Å². The Morgan fingerprint density at radius 3 is 2.35 bits per heavy atom. The lowest BCUT2D eigenvalue weighted by atomic mass is 10.1. The normalized spacial score (nSPS) is 10.2. The average Bonchev–Trinajstić information content (AvgIpc) is 2.48. The first-order valence-electron chi connectivity index (χ1n) is 6.15. The zero-order valence-electron chi connectivity index (χ0n) is 10.7. The Labute approximate surface area is 116 Å². The van der Waals surface area contributed by atoms with Crippen LogP contribution in [0.5, 0.6) is 17.2 Å². The molecule has 0 atom stereocenters. The number of hydrogen-bond acceptors (Lipinski definition) is 4. The highest BCUT2D eigenvalue weighted by Crippen LogP contribution is 2.36. The van der Waals surface area contributed by atoms with Crippen molar-refractivity contribution in [2.75, 3.05) is 6.54 Å². The second-order valence-corrected chi connectivity index (χ2v) is 4.31. The van der Waals surface area contributed by atoms with Crippen LogP contribution in [0.15, 0.2) is 42.5 Å². The third-order valence-electron chi connectivity index (χ3n) is 2.93. The van der Waals surface area contributed by atoms with Crippen molar-refractivity contribution in [3.8, 4) is 17.2 Å². The van der Waals surface area contributed by atoms with Gasteiger partial charge in [-0.1, -0.05) is 24.3 Å². The van der Waals surface area contributed by atoms with E-state index in [1.54, 1.807) is 24.3 Å². The maximum absolute atomic E-state index is 11.8. The summed E-state index contributed by atoms with van der Waals surface area (Å²) in [6.07, 6.45) is 0.345. The van der Waals surface area contributed by atoms with E-state index in [2.05, 4.69) is 5.32 Å². The van der Waals surface area contributed by atoms with Gasteiger partial charge >= 0.3 is 0 Å². The number of amides is 1. The van der Waals surface area contributed by atoms with Gasteiger partial charge < -0.3 is 20.6 Å². The molecule has 2 rings (SSSR count). The lowest BCUT2D eigenvalue weighted by Gasteiger charge is -2.08. The predicted molar refractivity (Wildman–Crippen MR) is 73.9 cm³/mol. The standard InChI is InChI=1S/C15H15NO4/c17-12-7-6-10(13(18)14(12)19)8-9-16-15(20)11-4-2-1-3-5-11/h1-7,17-19H,8-9H2,(H,16,20). The summed E-state index contributed by atoms with van der Waals surface area (Å²) < 4.78 is 0. The maximum Gasteiger partial charge on any atom is 0.251 e. The van der Waals surface area contributed by atoms with Crippen LogP contribution >= 0.6 is 0 Å². The molecule has 5 nitrogen and oxygen atoms in total. The Morgan fingerprint density at radius 2 is 1.65 bits per heavy atom. The molecule has 0 spiro atoms. The van der Waals surface area contributed by atoms with E-state index < -0.39 is 5.75 Å². The average molecular weight is 273 g/mol. The van der Waals surface area contributed by atoms with Gasteiger partial charge in [0.05, 0.1) is 0 Å². The van der Waals surface area contributed by atoms with Gasteiger partial charge in [0, 0.05) is 12.1 Å². The zero-order valence-corrected chi connectivity index (χ0v) is 10.7. The fraction of sp³-hybridized carbons (Fsp3) is 0.133. The first-order valence-corrected chi connectivity index (χ1v) is 6.15. The Kier molecular flexibility index (Phi) is 4.10. The summed E-state index contributed by atoms with van der Waals surface area (Å²) in [6, 6.07) is 11.6. The number of hydrogen-bond donors (Lipinski definition) is 4. The first kappa shape index (κ1) is 13.7. The molecule has 2 aromatic carbocycles. The van der Waals surface area contributed by atoms with Gasteiger partial charge in [0.2, 0.25) is 5.75 Å². The molecule has 0 aromatic heterocycles. The minimum Gasteiger partial charge on any atom is -0.504 e. The second-order valence-electron chi connectivity index (χ2n) is 4.31. The Hall–Kier alpha value is -2.69. The molecule has 0 radical (unpaired) electrons. The van der Waals surface area contributed by atoms with Crippen LogP contribution in [-0.2, 0) is 6.42 Å². The van der Waals surface area contributed by atoms with Crippen LogP contribution in [0.2, 0.25) is 0 Å². The number of phenolic OH excluding ortho intramolecular Hbond substituents is 3. The number of carbonyl (C=O) groups is 1. The number of rotatable bonds is 4. The molecule has 0 fully saturated rings. The van der Waals surface area contributed by atoms with Crippen molar-refractivity contribution in [2.24, 2.45) is 0 Å². The van der Waals surface area contributed by atoms with Crippen LogP contribution in [0.4, 0.5) is 0 Å². The Balaban J connectivity index is 1.94. The number of aromatic hydroxyl groups is 3. The van der Waals surface area contributed by atoms with Gasteiger partial charge in [-0.05, 0) is 30.2 Å². The van der Waals surface area contributed by atoms with Crippen molar-refractivity contribution in [3.63, 3.8) is 0 Å². The van der Waals surface area contributed by atoms with Gasteiger partial charge in [-0.25, -0.2) is 0 Å². The largest absolute Gasteiger partial charge is 0.504 e. The SMILES string of the molecule is O=C(NCCc1ccc(O)c(O)c1O)c1ccccc1. The minimum atomic E-state index is -0.545. The molecule has 104 valence electrons. The van der Waals surface area contributed by atoms with E-state index in [1.807, 2.05) is 6.07 Å². The monoisotopic (exact) mass is 273 g/mol.